The van der Waals surface area contributed by atoms with Gasteiger partial charge in [-0.05, 0) is 49.9 Å². The maximum atomic E-state index is 6.12. The molecule has 2 aliphatic rings. The van der Waals surface area contributed by atoms with Crippen LogP contribution in [0.15, 0.2) is 29.3 Å². The highest BCUT2D eigenvalue weighted by molar-refractivity contribution is 14.0. The van der Waals surface area contributed by atoms with Crippen molar-refractivity contribution in [1.29, 1.82) is 0 Å². The van der Waals surface area contributed by atoms with Crippen LogP contribution in [0.3, 0.4) is 0 Å². The molecule has 6 nitrogen and oxygen atoms in total. The third kappa shape index (κ3) is 6.71. The van der Waals surface area contributed by atoms with Crippen molar-refractivity contribution in [3.05, 3.63) is 24.3 Å². The van der Waals surface area contributed by atoms with Crippen LogP contribution in [0.4, 0.5) is 5.69 Å². The zero-order valence-electron chi connectivity index (χ0n) is 16.5. The molecule has 0 aliphatic carbocycles. The lowest BCUT2D eigenvalue weighted by molar-refractivity contribution is 0.256. The van der Waals surface area contributed by atoms with Crippen LogP contribution in [-0.2, 0) is 0 Å². The van der Waals surface area contributed by atoms with E-state index in [9.17, 15) is 0 Å². The minimum atomic E-state index is 0. The van der Waals surface area contributed by atoms with Crippen molar-refractivity contribution in [2.45, 2.75) is 25.7 Å². The van der Waals surface area contributed by atoms with Gasteiger partial charge in [0.05, 0.1) is 7.11 Å². The average molecular weight is 487 g/mol. The highest BCUT2D eigenvalue weighted by Crippen LogP contribution is 2.20. The Bertz CT molecular complexity index is 566. The maximum Gasteiger partial charge on any atom is 0.191 e. The van der Waals surface area contributed by atoms with Crippen molar-refractivity contribution in [3.63, 3.8) is 0 Å². The molecule has 1 aromatic rings. The van der Waals surface area contributed by atoms with Crippen LogP contribution in [0.25, 0.3) is 0 Å². The standard InChI is InChI=1S/C20H33N5O.HI/c1-26-19-8-6-18(7-9-19)24-16-14-23(15-17-24)11-5-10-22-20(21)25-12-3-2-4-13-25;/h6-9H,2-5,10-17H2,1H3,(H2,21,22);1H. The van der Waals surface area contributed by atoms with E-state index in [1.807, 2.05) is 12.1 Å². The zero-order valence-corrected chi connectivity index (χ0v) is 18.8. The van der Waals surface area contributed by atoms with Gasteiger partial charge in [0, 0.05) is 58.0 Å². The van der Waals surface area contributed by atoms with Crippen molar-refractivity contribution in [2.75, 3.05) is 64.4 Å². The second-order valence-electron chi connectivity index (χ2n) is 7.17. The van der Waals surface area contributed by atoms with E-state index in [2.05, 4.69) is 31.8 Å². The van der Waals surface area contributed by atoms with Gasteiger partial charge >= 0.3 is 0 Å². The first kappa shape index (κ1) is 22.1. The number of nitrogens with two attached hydrogens (primary N) is 1. The van der Waals surface area contributed by atoms with Crippen molar-refractivity contribution >= 4 is 35.6 Å². The molecule has 0 aromatic heterocycles. The van der Waals surface area contributed by atoms with Crippen LogP contribution < -0.4 is 15.4 Å². The second kappa shape index (κ2) is 11.6. The summed E-state index contributed by atoms with van der Waals surface area (Å²) < 4.78 is 5.23. The van der Waals surface area contributed by atoms with Gasteiger partial charge in [0.1, 0.15) is 5.75 Å². The smallest absolute Gasteiger partial charge is 0.191 e. The van der Waals surface area contributed by atoms with Gasteiger partial charge in [-0.3, -0.25) is 9.89 Å². The number of rotatable bonds is 6. The number of anilines is 1. The molecular weight excluding hydrogens is 453 g/mol. The van der Waals surface area contributed by atoms with Crippen LogP contribution in [0, 0.1) is 0 Å². The van der Waals surface area contributed by atoms with Gasteiger partial charge in [0.25, 0.3) is 0 Å². The molecule has 3 rings (SSSR count). The molecular formula is C20H34IN5O. The summed E-state index contributed by atoms with van der Waals surface area (Å²) >= 11 is 0. The van der Waals surface area contributed by atoms with Gasteiger partial charge in [-0.1, -0.05) is 0 Å². The fourth-order valence-corrected chi connectivity index (χ4v) is 3.73. The molecule has 0 unspecified atom stereocenters. The number of ether oxygens (including phenoxy) is 1. The summed E-state index contributed by atoms with van der Waals surface area (Å²) in [5, 5.41) is 0. The van der Waals surface area contributed by atoms with Gasteiger partial charge in [0.2, 0.25) is 0 Å². The van der Waals surface area contributed by atoms with E-state index in [0.29, 0.717) is 0 Å². The molecule has 7 heteroatoms. The number of nitrogens with zero attached hydrogens (tertiary/aromatic N) is 4. The number of guanidine groups is 1. The Morgan fingerprint density at radius 1 is 1.00 bits per heavy atom. The molecule has 0 saturated carbocycles. The number of methoxy groups -OCH3 is 1. The Balaban J connectivity index is 0.00000261. The quantitative estimate of drug-likeness (QED) is 0.290. The number of piperidine rings is 1. The number of hydrogen-bond acceptors (Lipinski definition) is 4. The molecule has 2 N–H and O–H groups in total. The Morgan fingerprint density at radius 3 is 2.30 bits per heavy atom. The van der Waals surface area contributed by atoms with E-state index < -0.39 is 0 Å². The predicted molar refractivity (Wildman–Crippen MR) is 124 cm³/mol. The van der Waals surface area contributed by atoms with E-state index in [1.54, 1.807) is 7.11 Å². The zero-order chi connectivity index (χ0) is 18.2. The van der Waals surface area contributed by atoms with Crippen LogP contribution >= 0.6 is 24.0 Å². The van der Waals surface area contributed by atoms with Crippen LogP contribution in [0.1, 0.15) is 25.7 Å². The molecule has 1 aromatic carbocycles. The van der Waals surface area contributed by atoms with Gasteiger partial charge in [-0.2, -0.15) is 0 Å². The lowest BCUT2D eigenvalue weighted by Gasteiger charge is -2.36. The van der Waals surface area contributed by atoms with E-state index in [1.165, 1.54) is 24.9 Å². The molecule has 152 valence electrons. The SMILES string of the molecule is COc1ccc(N2CCN(CCCN=C(N)N3CCCCC3)CC2)cc1.I. The lowest BCUT2D eigenvalue weighted by atomic mass is 10.1. The first-order valence-electron chi connectivity index (χ1n) is 9.92. The molecule has 0 amide bonds. The van der Waals surface area contributed by atoms with Crippen LogP contribution in [0.5, 0.6) is 5.75 Å². The third-order valence-corrected chi connectivity index (χ3v) is 5.40. The monoisotopic (exact) mass is 487 g/mol. The molecule has 2 aliphatic heterocycles. The Hall–Kier alpha value is -1.22. The number of piperazine rings is 1. The summed E-state index contributed by atoms with van der Waals surface area (Å²) in [7, 11) is 1.71. The Morgan fingerprint density at radius 2 is 1.67 bits per heavy atom. The minimum Gasteiger partial charge on any atom is -0.497 e. The number of likely N-dealkylation sites (tertiary alicyclic amines) is 1. The summed E-state index contributed by atoms with van der Waals surface area (Å²) in [5.74, 6) is 1.66. The van der Waals surface area contributed by atoms with Gasteiger partial charge < -0.3 is 20.3 Å². The fraction of sp³-hybridized carbons (Fsp3) is 0.650. The Kier molecular flexibility index (Phi) is 9.47. The molecule has 2 fully saturated rings. The summed E-state index contributed by atoms with van der Waals surface area (Å²) in [6.07, 6.45) is 4.90. The molecule has 0 spiro atoms. The highest BCUT2D eigenvalue weighted by atomic mass is 127. The molecule has 0 atom stereocenters. The maximum absolute atomic E-state index is 6.12. The summed E-state index contributed by atoms with van der Waals surface area (Å²) in [6, 6.07) is 8.36. The van der Waals surface area contributed by atoms with E-state index in [4.69, 9.17) is 10.5 Å². The van der Waals surface area contributed by atoms with E-state index in [0.717, 1.165) is 70.5 Å². The largest absolute Gasteiger partial charge is 0.497 e. The number of aliphatic imine (C=N–C) groups is 1. The fourth-order valence-electron chi connectivity index (χ4n) is 3.73. The first-order valence-corrected chi connectivity index (χ1v) is 9.92. The predicted octanol–water partition coefficient (Wildman–Crippen LogP) is 2.63. The van der Waals surface area contributed by atoms with E-state index in [-0.39, 0.29) is 24.0 Å². The average Bonchev–Trinajstić information content (AvgIpc) is 2.72. The van der Waals surface area contributed by atoms with Crippen molar-refractivity contribution < 1.29 is 4.74 Å². The summed E-state index contributed by atoms with van der Waals surface area (Å²) in [6.45, 7) is 8.45. The Labute approximate surface area is 180 Å². The van der Waals surface area contributed by atoms with Crippen molar-refractivity contribution in [1.82, 2.24) is 9.80 Å². The molecule has 27 heavy (non-hydrogen) atoms. The molecule has 2 saturated heterocycles. The molecule has 0 bridgehead atoms. The third-order valence-electron chi connectivity index (χ3n) is 5.40. The number of halogens is 1. The first-order chi connectivity index (χ1) is 12.8. The second-order valence-corrected chi connectivity index (χ2v) is 7.17. The summed E-state index contributed by atoms with van der Waals surface area (Å²) in [4.78, 5) is 11.8. The topological polar surface area (TPSA) is 57.3 Å². The van der Waals surface area contributed by atoms with Crippen LogP contribution in [0.2, 0.25) is 0 Å². The van der Waals surface area contributed by atoms with Crippen molar-refractivity contribution in [3.8, 4) is 5.75 Å². The molecule has 0 radical (unpaired) electrons. The lowest BCUT2D eigenvalue weighted by Crippen LogP contribution is -2.46. The number of hydrogen-bond donors (Lipinski definition) is 1. The van der Waals surface area contributed by atoms with E-state index >= 15 is 0 Å². The van der Waals surface area contributed by atoms with Gasteiger partial charge in [0.15, 0.2) is 5.96 Å². The minimum absolute atomic E-state index is 0. The van der Waals surface area contributed by atoms with Gasteiger partial charge in [-0.15, -0.1) is 24.0 Å². The summed E-state index contributed by atoms with van der Waals surface area (Å²) in [5.41, 5.74) is 7.40. The normalized spacial score (nSPS) is 18.9. The van der Waals surface area contributed by atoms with Crippen LogP contribution in [-0.4, -0.2) is 75.2 Å². The van der Waals surface area contributed by atoms with Gasteiger partial charge in [-0.25, -0.2) is 0 Å². The molecule has 2 heterocycles. The number of benzene rings is 1. The van der Waals surface area contributed by atoms with Crippen molar-refractivity contribution in [2.24, 2.45) is 10.7 Å². The highest BCUT2D eigenvalue weighted by Gasteiger charge is 2.17.